The van der Waals surface area contributed by atoms with Gasteiger partial charge in [0.25, 0.3) is 0 Å². The van der Waals surface area contributed by atoms with E-state index < -0.39 is 18.1 Å². The van der Waals surface area contributed by atoms with Crippen LogP contribution >= 0.6 is 0 Å². The molecule has 0 spiro atoms. The van der Waals surface area contributed by atoms with Crippen molar-refractivity contribution >= 4 is 11.7 Å². The Morgan fingerprint density at radius 1 is 1.39 bits per heavy atom. The molecule has 0 amide bonds. The number of hydrogen-bond donors (Lipinski definition) is 2. The molecule has 0 aliphatic carbocycles. The summed E-state index contributed by atoms with van der Waals surface area (Å²) in [5.41, 5.74) is 1.04. The summed E-state index contributed by atoms with van der Waals surface area (Å²) in [6, 6.07) is 4.07. The van der Waals surface area contributed by atoms with Gasteiger partial charge in [-0.2, -0.15) is 4.39 Å². The number of nitrogens with one attached hydrogen (secondary N) is 2. The molecule has 0 unspecified atom stereocenters. The van der Waals surface area contributed by atoms with Crippen LogP contribution < -0.4 is 5.32 Å². The third-order valence-corrected chi connectivity index (χ3v) is 2.36. The monoisotopic (exact) mass is 254 g/mol. The lowest BCUT2D eigenvalue weighted by Crippen LogP contribution is -2.03. The summed E-state index contributed by atoms with van der Waals surface area (Å²) in [7, 11) is 0. The molecule has 96 valence electrons. The van der Waals surface area contributed by atoms with E-state index >= 15 is 0 Å². The van der Waals surface area contributed by atoms with Gasteiger partial charge >= 0.3 is 0 Å². The van der Waals surface area contributed by atoms with E-state index in [4.69, 9.17) is 14.9 Å². The summed E-state index contributed by atoms with van der Waals surface area (Å²) in [5.74, 6) is -1.48. The Balaban J connectivity index is 2.20. The Hall–Kier alpha value is -1.79. The molecule has 1 heterocycles. The van der Waals surface area contributed by atoms with Crippen molar-refractivity contribution in [3.8, 4) is 0 Å². The Bertz CT molecular complexity index is 471. The van der Waals surface area contributed by atoms with E-state index in [1.54, 1.807) is 0 Å². The maximum absolute atomic E-state index is 13.2. The fraction of sp³-hybridized carbons (Fsp3) is 0.250. The Morgan fingerprint density at radius 2 is 2.11 bits per heavy atom. The van der Waals surface area contributed by atoms with Gasteiger partial charge in [-0.25, -0.2) is 4.39 Å². The van der Waals surface area contributed by atoms with E-state index in [0.29, 0.717) is 24.5 Å². The Morgan fingerprint density at radius 3 is 2.78 bits per heavy atom. The van der Waals surface area contributed by atoms with Crippen molar-refractivity contribution in [2.75, 3.05) is 18.5 Å². The highest BCUT2D eigenvalue weighted by Crippen LogP contribution is 2.30. The first-order valence-corrected chi connectivity index (χ1v) is 5.36. The number of halogens is 2. The average molecular weight is 254 g/mol. The van der Waals surface area contributed by atoms with Crippen LogP contribution in [-0.2, 0) is 9.47 Å². The highest BCUT2D eigenvalue weighted by Gasteiger charge is 2.21. The van der Waals surface area contributed by atoms with Crippen LogP contribution in [0.4, 0.5) is 14.5 Å². The SMILES string of the molecule is N=C(F)/C=C\Nc1ccc(F)cc1C1OCCO1. The van der Waals surface area contributed by atoms with Gasteiger partial charge in [0.15, 0.2) is 6.29 Å². The van der Waals surface area contributed by atoms with E-state index in [-0.39, 0.29) is 0 Å². The first-order valence-electron chi connectivity index (χ1n) is 5.36. The predicted molar refractivity (Wildman–Crippen MR) is 62.6 cm³/mol. The van der Waals surface area contributed by atoms with Crippen molar-refractivity contribution in [3.63, 3.8) is 0 Å². The molecular formula is C12H12F2N2O2. The molecule has 0 aromatic heterocycles. The number of rotatable bonds is 4. The second-order valence-electron chi connectivity index (χ2n) is 3.63. The molecule has 0 bridgehead atoms. The summed E-state index contributed by atoms with van der Waals surface area (Å²) in [5, 5.41) is 9.37. The molecule has 0 radical (unpaired) electrons. The van der Waals surface area contributed by atoms with Crippen molar-refractivity contribution in [2.45, 2.75) is 6.29 Å². The predicted octanol–water partition coefficient (Wildman–Crippen LogP) is 2.74. The number of hydrogen-bond acceptors (Lipinski definition) is 4. The fourth-order valence-electron chi connectivity index (χ4n) is 1.60. The van der Waals surface area contributed by atoms with Gasteiger partial charge < -0.3 is 14.8 Å². The van der Waals surface area contributed by atoms with Crippen LogP contribution in [-0.4, -0.2) is 19.2 Å². The zero-order valence-electron chi connectivity index (χ0n) is 9.45. The van der Waals surface area contributed by atoms with Crippen LogP contribution in [0.15, 0.2) is 30.5 Å². The number of benzene rings is 1. The molecule has 0 saturated carbocycles. The van der Waals surface area contributed by atoms with Crippen LogP contribution in [0, 0.1) is 11.2 Å². The van der Waals surface area contributed by atoms with Crippen LogP contribution in [0.25, 0.3) is 0 Å². The van der Waals surface area contributed by atoms with Gasteiger partial charge in [0.1, 0.15) is 5.82 Å². The summed E-state index contributed by atoms with van der Waals surface area (Å²) >= 11 is 0. The van der Waals surface area contributed by atoms with Crippen molar-refractivity contribution in [2.24, 2.45) is 0 Å². The molecule has 2 rings (SSSR count). The second kappa shape index (κ2) is 5.70. The van der Waals surface area contributed by atoms with E-state index in [9.17, 15) is 8.78 Å². The van der Waals surface area contributed by atoms with Gasteiger partial charge in [-0.3, -0.25) is 5.41 Å². The molecule has 1 aliphatic rings. The van der Waals surface area contributed by atoms with E-state index in [2.05, 4.69) is 5.32 Å². The zero-order chi connectivity index (χ0) is 13.0. The first-order chi connectivity index (χ1) is 8.66. The molecule has 1 fully saturated rings. The van der Waals surface area contributed by atoms with E-state index in [1.165, 1.54) is 24.4 Å². The van der Waals surface area contributed by atoms with Gasteiger partial charge in [0.2, 0.25) is 5.97 Å². The molecule has 1 saturated heterocycles. The van der Waals surface area contributed by atoms with Gasteiger partial charge in [-0.15, -0.1) is 0 Å². The maximum Gasteiger partial charge on any atom is 0.206 e. The van der Waals surface area contributed by atoms with Crippen LogP contribution in [0.5, 0.6) is 0 Å². The summed E-state index contributed by atoms with van der Waals surface area (Å²) in [4.78, 5) is 0. The third-order valence-electron chi connectivity index (χ3n) is 2.36. The topological polar surface area (TPSA) is 54.3 Å². The van der Waals surface area contributed by atoms with Crippen molar-refractivity contribution < 1.29 is 18.3 Å². The fourth-order valence-corrected chi connectivity index (χ4v) is 1.60. The van der Waals surface area contributed by atoms with E-state index in [0.717, 1.165) is 6.08 Å². The van der Waals surface area contributed by atoms with Crippen molar-refractivity contribution in [1.82, 2.24) is 0 Å². The zero-order valence-corrected chi connectivity index (χ0v) is 9.45. The maximum atomic E-state index is 13.2. The molecule has 1 aliphatic heterocycles. The highest BCUT2D eigenvalue weighted by atomic mass is 19.1. The number of anilines is 1. The standard InChI is InChI=1S/C12H12F2N2O2/c13-8-1-2-10(16-4-3-11(14)15)9(7-8)12-17-5-6-18-12/h1-4,7,12,15-16H,5-6H2/b4-3-,15-11?. The third kappa shape index (κ3) is 3.12. The molecule has 1 aromatic carbocycles. The van der Waals surface area contributed by atoms with Crippen molar-refractivity contribution in [1.29, 1.82) is 5.41 Å². The normalized spacial score (nSPS) is 16.3. The molecular weight excluding hydrogens is 242 g/mol. The summed E-state index contributed by atoms with van der Waals surface area (Å²) < 4.78 is 36.0. The minimum absolute atomic E-state index is 0.406. The van der Waals surface area contributed by atoms with Crippen molar-refractivity contribution in [3.05, 3.63) is 41.9 Å². The molecule has 4 nitrogen and oxygen atoms in total. The Labute approximate surface area is 103 Å². The molecule has 6 heteroatoms. The quantitative estimate of drug-likeness (QED) is 0.812. The van der Waals surface area contributed by atoms with Crippen LogP contribution in [0.1, 0.15) is 11.9 Å². The summed E-state index contributed by atoms with van der Waals surface area (Å²) in [6.45, 7) is 0.900. The molecule has 18 heavy (non-hydrogen) atoms. The summed E-state index contributed by atoms with van der Waals surface area (Å²) in [6.07, 6.45) is 1.58. The molecule has 0 atom stereocenters. The lowest BCUT2D eigenvalue weighted by Gasteiger charge is -2.14. The largest absolute Gasteiger partial charge is 0.361 e. The minimum atomic E-state index is -1.07. The highest BCUT2D eigenvalue weighted by molar-refractivity contribution is 5.83. The Kier molecular flexibility index (Phi) is 4.01. The van der Waals surface area contributed by atoms with Crippen LogP contribution in [0.2, 0.25) is 0 Å². The number of ether oxygens (including phenoxy) is 2. The first kappa shape index (κ1) is 12.7. The van der Waals surface area contributed by atoms with E-state index in [1.807, 2.05) is 0 Å². The van der Waals surface area contributed by atoms with Gasteiger partial charge in [0.05, 0.1) is 13.2 Å². The molecule has 2 N–H and O–H groups in total. The smallest absolute Gasteiger partial charge is 0.206 e. The van der Waals surface area contributed by atoms with Gasteiger partial charge in [0, 0.05) is 23.5 Å². The molecule has 1 aromatic rings. The lowest BCUT2D eigenvalue weighted by molar-refractivity contribution is -0.0437. The van der Waals surface area contributed by atoms with Gasteiger partial charge in [-0.05, 0) is 18.2 Å². The average Bonchev–Trinajstić information content (AvgIpc) is 2.84. The van der Waals surface area contributed by atoms with Gasteiger partial charge in [-0.1, -0.05) is 0 Å². The second-order valence-corrected chi connectivity index (χ2v) is 3.63. The minimum Gasteiger partial charge on any atom is -0.361 e. The number of allylic oxidation sites excluding steroid dienone is 1. The lowest BCUT2D eigenvalue weighted by atomic mass is 10.1. The van der Waals surface area contributed by atoms with Crippen LogP contribution in [0.3, 0.4) is 0 Å².